The summed E-state index contributed by atoms with van der Waals surface area (Å²) < 4.78 is 0.0125. The number of nitrogens with zero attached hydrogens (tertiary/aromatic N) is 1. The molecule has 2 heterocycles. The molecule has 1 aliphatic heterocycles. The largest absolute Gasteiger partial charge is 0.494 e. The van der Waals surface area contributed by atoms with Gasteiger partial charge < -0.3 is 10.1 Å². The molecule has 3 N–H and O–H groups in total. The number of fused-ring (bicyclic) bond motifs is 1. The predicted octanol–water partition coefficient (Wildman–Crippen LogP) is 0.861. The molecule has 7 heteroatoms. The summed E-state index contributed by atoms with van der Waals surface area (Å²) in [6, 6.07) is 5.59. The van der Waals surface area contributed by atoms with Gasteiger partial charge in [-0.25, -0.2) is 4.99 Å². The van der Waals surface area contributed by atoms with Crippen LogP contribution in [0.1, 0.15) is 18.1 Å². The molecule has 6 nitrogen and oxygen atoms in total. The van der Waals surface area contributed by atoms with Crippen LogP contribution >= 0.6 is 12.2 Å². The second-order valence-corrected chi connectivity index (χ2v) is 5.70. The van der Waals surface area contributed by atoms with Crippen LogP contribution in [0.4, 0.5) is 0 Å². The molecular formula is C16H13N3O3S. The van der Waals surface area contributed by atoms with Crippen molar-refractivity contribution in [1.29, 1.82) is 0 Å². The molecule has 1 aromatic carbocycles. The fourth-order valence-electron chi connectivity index (χ4n) is 2.49. The lowest BCUT2D eigenvalue weighted by Crippen LogP contribution is -2.31. The Labute approximate surface area is 135 Å². The number of amides is 1. The van der Waals surface area contributed by atoms with Crippen molar-refractivity contribution in [2.45, 2.75) is 13.8 Å². The minimum Gasteiger partial charge on any atom is -0.494 e. The first kappa shape index (κ1) is 15.1. The van der Waals surface area contributed by atoms with Crippen LogP contribution in [0, 0.1) is 11.7 Å². The molecule has 0 bridgehead atoms. The summed E-state index contributed by atoms with van der Waals surface area (Å²) in [6.07, 6.45) is 1.67. The Morgan fingerprint density at radius 3 is 2.70 bits per heavy atom. The van der Waals surface area contributed by atoms with Crippen molar-refractivity contribution in [3.8, 4) is 5.88 Å². The molecule has 1 amide bonds. The van der Waals surface area contributed by atoms with Gasteiger partial charge in [0.25, 0.3) is 11.5 Å². The maximum atomic E-state index is 12.3. The van der Waals surface area contributed by atoms with E-state index < -0.39 is 11.5 Å². The molecule has 1 aromatic heterocycles. The first-order valence-corrected chi connectivity index (χ1v) is 7.26. The molecule has 0 spiro atoms. The van der Waals surface area contributed by atoms with Crippen LogP contribution < -0.4 is 16.1 Å². The van der Waals surface area contributed by atoms with Crippen molar-refractivity contribution in [2.24, 2.45) is 4.99 Å². The van der Waals surface area contributed by atoms with Crippen LogP contribution in [0.5, 0.6) is 5.88 Å². The highest BCUT2D eigenvalue weighted by Crippen LogP contribution is 2.23. The van der Waals surface area contributed by atoms with Crippen molar-refractivity contribution < 1.29 is 9.90 Å². The number of rotatable bonds is 1. The first-order chi connectivity index (χ1) is 10.9. The van der Waals surface area contributed by atoms with Gasteiger partial charge in [-0.2, -0.15) is 0 Å². The van der Waals surface area contributed by atoms with E-state index in [1.807, 2.05) is 25.1 Å². The molecule has 116 valence electrons. The van der Waals surface area contributed by atoms with E-state index in [9.17, 15) is 14.7 Å². The number of benzene rings is 1. The maximum absolute atomic E-state index is 12.3. The number of aromatic hydroxyl groups is 1. The summed E-state index contributed by atoms with van der Waals surface area (Å²) >= 11 is 4.80. The Balaban J connectivity index is 2.31. The SMILES string of the molecule is C/C(=C1/C=c2ccc(C)cc2=NC1=O)c1c(O)[nH]c(=S)[nH]c1=O. The third kappa shape index (κ3) is 2.66. The van der Waals surface area contributed by atoms with Gasteiger partial charge in [0.05, 0.1) is 5.36 Å². The number of allylic oxidation sites excluding steroid dienone is 1. The molecule has 0 saturated heterocycles. The summed E-state index contributed by atoms with van der Waals surface area (Å²) in [7, 11) is 0. The minimum atomic E-state index is -0.563. The average molecular weight is 327 g/mol. The Morgan fingerprint density at radius 2 is 2.00 bits per heavy atom. The van der Waals surface area contributed by atoms with Crippen LogP contribution in [-0.4, -0.2) is 21.0 Å². The van der Waals surface area contributed by atoms with Gasteiger partial charge in [0.15, 0.2) is 4.77 Å². The number of carbonyl (C=O) groups is 1. The molecule has 0 atom stereocenters. The molecule has 1 aliphatic rings. The summed E-state index contributed by atoms with van der Waals surface area (Å²) in [5, 5.41) is 11.3. The number of aryl methyl sites for hydroxylation is 1. The monoisotopic (exact) mass is 327 g/mol. The van der Waals surface area contributed by atoms with Crippen LogP contribution in [0.15, 0.2) is 33.6 Å². The number of H-pyrrole nitrogens is 2. The van der Waals surface area contributed by atoms with Gasteiger partial charge in [-0.3, -0.25) is 14.6 Å². The van der Waals surface area contributed by atoms with Crippen LogP contribution in [0.3, 0.4) is 0 Å². The van der Waals surface area contributed by atoms with E-state index in [1.165, 1.54) is 0 Å². The fourth-order valence-corrected chi connectivity index (χ4v) is 2.67. The van der Waals surface area contributed by atoms with E-state index in [4.69, 9.17) is 12.2 Å². The third-order valence-electron chi connectivity index (χ3n) is 3.64. The van der Waals surface area contributed by atoms with Crippen LogP contribution in [0.25, 0.3) is 11.6 Å². The minimum absolute atomic E-state index is 0.0125. The number of hydrogen-bond donors (Lipinski definition) is 3. The number of carbonyl (C=O) groups excluding carboxylic acids is 1. The summed E-state index contributed by atoms with van der Waals surface area (Å²) in [4.78, 5) is 33.3. The molecule has 0 saturated carbocycles. The third-order valence-corrected chi connectivity index (χ3v) is 3.84. The lowest BCUT2D eigenvalue weighted by atomic mass is 9.99. The number of nitrogens with one attached hydrogen (secondary N) is 2. The number of aromatic nitrogens is 2. The van der Waals surface area contributed by atoms with E-state index >= 15 is 0 Å². The van der Waals surface area contributed by atoms with Gasteiger partial charge in [-0.05, 0) is 49.3 Å². The van der Waals surface area contributed by atoms with Gasteiger partial charge >= 0.3 is 0 Å². The molecule has 3 rings (SSSR count). The van der Waals surface area contributed by atoms with Crippen molar-refractivity contribution in [3.63, 3.8) is 0 Å². The second-order valence-electron chi connectivity index (χ2n) is 5.29. The van der Waals surface area contributed by atoms with Crippen LogP contribution in [0.2, 0.25) is 0 Å². The van der Waals surface area contributed by atoms with E-state index in [0.717, 1.165) is 10.8 Å². The van der Waals surface area contributed by atoms with E-state index in [0.29, 0.717) is 10.9 Å². The Kier molecular flexibility index (Phi) is 3.57. The zero-order chi connectivity index (χ0) is 16.7. The average Bonchev–Trinajstić information content (AvgIpc) is 2.45. The van der Waals surface area contributed by atoms with Crippen molar-refractivity contribution in [2.75, 3.05) is 0 Å². The van der Waals surface area contributed by atoms with Gasteiger partial charge in [-0.15, -0.1) is 0 Å². The lowest BCUT2D eigenvalue weighted by molar-refractivity contribution is -0.114. The fraction of sp³-hybridized carbons (Fsp3) is 0.125. The highest BCUT2D eigenvalue weighted by atomic mass is 32.1. The zero-order valence-electron chi connectivity index (χ0n) is 12.4. The molecular weight excluding hydrogens is 314 g/mol. The van der Waals surface area contributed by atoms with Crippen molar-refractivity contribution in [1.82, 2.24) is 9.97 Å². The Morgan fingerprint density at radius 1 is 1.26 bits per heavy atom. The molecule has 0 fully saturated rings. The van der Waals surface area contributed by atoms with E-state index in [-0.39, 0.29) is 21.8 Å². The van der Waals surface area contributed by atoms with Gasteiger partial charge in [0.1, 0.15) is 5.56 Å². The number of hydrogen-bond acceptors (Lipinski definition) is 4. The molecule has 0 aliphatic carbocycles. The predicted molar refractivity (Wildman–Crippen MR) is 87.9 cm³/mol. The second kappa shape index (κ2) is 5.44. The summed E-state index contributed by atoms with van der Waals surface area (Å²) in [5.41, 5.74) is 1.00. The maximum Gasteiger partial charge on any atom is 0.277 e. The molecule has 2 aromatic rings. The summed E-state index contributed by atoms with van der Waals surface area (Å²) in [5.74, 6) is -0.832. The van der Waals surface area contributed by atoms with E-state index in [1.54, 1.807) is 13.0 Å². The molecule has 0 radical (unpaired) electrons. The topological polar surface area (TPSA) is 98.3 Å². The standard InChI is InChI=1S/C16H13N3O3S/c1-7-3-4-9-6-10(13(20)17-11(9)5-7)8(2)12-14(21)18-16(23)19-15(12)22/h3-6H,1-2H3,(H3,18,19,21,22,23)/b10-8+. The van der Waals surface area contributed by atoms with Gasteiger partial charge in [0.2, 0.25) is 5.88 Å². The quantitative estimate of drug-likeness (QED) is 0.534. The lowest BCUT2D eigenvalue weighted by Gasteiger charge is -2.09. The van der Waals surface area contributed by atoms with Crippen molar-refractivity contribution in [3.05, 3.63) is 60.6 Å². The normalized spacial score (nSPS) is 15.5. The number of aromatic amines is 2. The highest BCUT2D eigenvalue weighted by molar-refractivity contribution is 7.71. The van der Waals surface area contributed by atoms with Crippen molar-refractivity contribution >= 4 is 29.8 Å². The zero-order valence-corrected chi connectivity index (χ0v) is 13.2. The smallest absolute Gasteiger partial charge is 0.277 e. The van der Waals surface area contributed by atoms with Gasteiger partial charge in [0, 0.05) is 10.8 Å². The molecule has 23 heavy (non-hydrogen) atoms. The van der Waals surface area contributed by atoms with Gasteiger partial charge in [-0.1, -0.05) is 12.1 Å². The van der Waals surface area contributed by atoms with E-state index in [2.05, 4.69) is 15.0 Å². The highest BCUT2D eigenvalue weighted by Gasteiger charge is 2.19. The first-order valence-electron chi connectivity index (χ1n) is 6.85. The summed E-state index contributed by atoms with van der Waals surface area (Å²) in [6.45, 7) is 3.50. The molecule has 0 unspecified atom stereocenters. The van der Waals surface area contributed by atoms with Crippen LogP contribution in [-0.2, 0) is 4.79 Å². The Hall–Kier alpha value is -2.80. The Bertz CT molecular complexity index is 1110.